The van der Waals surface area contributed by atoms with Crippen molar-refractivity contribution in [3.05, 3.63) is 41.2 Å². The van der Waals surface area contributed by atoms with Gasteiger partial charge in [0.15, 0.2) is 10.8 Å². The van der Waals surface area contributed by atoms with Crippen LogP contribution in [0.4, 0.5) is 5.13 Å². The van der Waals surface area contributed by atoms with Crippen LogP contribution in [0.3, 0.4) is 0 Å². The Morgan fingerprint density at radius 1 is 1.12 bits per heavy atom. The third-order valence-electron chi connectivity index (χ3n) is 5.13. The molecule has 5 rings (SSSR count). The lowest BCUT2D eigenvalue weighted by Crippen LogP contribution is -2.49. The summed E-state index contributed by atoms with van der Waals surface area (Å²) in [4.78, 5) is 21.8. The molecule has 3 aromatic rings. The largest absolute Gasteiger partial charge is 0.345 e. The lowest BCUT2D eigenvalue weighted by atomic mass is 10.1. The molecule has 1 saturated heterocycles. The standard InChI is InChI=1S/C18H19N5OS/c24-17(16-12-4-3-6-13(12)20-21-16)22-8-10-23(11-9-22)18-19-14-5-1-2-7-15(14)25-18/h1-2,5,7H,3-4,6,8-11H2,(H,20,21). The summed E-state index contributed by atoms with van der Waals surface area (Å²) in [5.41, 5.74) is 3.98. The zero-order valence-electron chi connectivity index (χ0n) is 13.9. The second-order valence-electron chi connectivity index (χ2n) is 6.63. The van der Waals surface area contributed by atoms with Crippen LogP contribution in [-0.4, -0.2) is 52.2 Å². The number of nitrogens with one attached hydrogen (secondary N) is 1. The highest BCUT2D eigenvalue weighted by Crippen LogP contribution is 2.29. The number of carbonyl (C=O) groups is 1. The van der Waals surface area contributed by atoms with E-state index in [9.17, 15) is 4.79 Å². The Kier molecular flexibility index (Phi) is 3.48. The number of fused-ring (bicyclic) bond motifs is 2. The SMILES string of the molecule is O=C(c1n[nH]c2c1CCC2)N1CCN(c2nc3ccccc3s2)CC1. The van der Waals surface area contributed by atoms with E-state index >= 15 is 0 Å². The van der Waals surface area contributed by atoms with Gasteiger partial charge in [-0.2, -0.15) is 5.10 Å². The smallest absolute Gasteiger partial charge is 0.274 e. The van der Waals surface area contributed by atoms with Crippen molar-refractivity contribution in [2.75, 3.05) is 31.1 Å². The summed E-state index contributed by atoms with van der Waals surface area (Å²) in [7, 11) is 0. The van der Waals surface area contributed by atoms with Gasteiger partial charge in [-0.25, -0.2) is 4.98 Å². The summed E-state index contributed by atoms with van der Waals surface area (Å²) in [5, 5.41) is 8.37. The molecule has 1 aliphatic heterocycles. The van der Waals surface area contributed by atoms with Gasteiger partial charge in [-0.1, -0.05) is 23.5 Å². The number of aromatic amines is 1. The van der Waals surface area contributed by atoms with Crippen molar-refractivity contribution in [1.82, 2.24) is 20.1 Å². The average molecular weight is 353 g/mol. The number of amides is 1. The monoisotopic (exact) mass is 353 g/mol. The maximum atomic E-state index is 12.8. The molecule has 6 nitrogen and oxygen atoms in total. The van der Waals surface area contributed by atoms with E-state index in [-0.39, 0.29) is 5.91 Å². The van der Waals surface area contributed by atoms with Crippen LogP contribution in [0.5, 0.6) is 0 Å². The molecular formula is C18H19N5OS. The number of nitrogens with zero attached hydrogens (tertiary/aromatic N) is 4. The fourth-order valence-electron chi connectivity index (χ4n) is 3.74. The van der Waals surface area contributed by atoms with Crippen LogP contribution in [0.15, 0.2) is 24.3 Å². The molecule has 1 aromatic carbocycles. The first-order valence-electron chi connectivity index (χ1n) is 8.75. The molecule has 2 aromatic heterocycles. The molecule has 1 N–H and O–H groups in total. The molecular weight excluding hydrogens is 334 g/mol. The zero-order valence-corrected chi connectivity index (χ0v) is 14.7. The van der Waals surface area contributed by atoms with Crippen LogP contribution < -0.4 is 4.90 Å². The third kappa shape index (κ3) is 2.50. The van der Waals surface area contributed by atoms with Gasteiger partial charge in [0.05, 0.1) is 10.2 Å². The second kappa shape index (κ2) is 5.84. The molecule has 7 heteroatoms. The number of benzene rings is 1. The molecule has 1 aliphatic carbocycles. The lowest BCUT2D eigenvalue weighted by molar-refractivity contribution is 0.0739. The summed E-state index contributed by atoms with van der Waals surface area (Å²) in [6.45, 7) is 3.07. The first-order chi connectivity index (χ1) is 12.3. The Labute approximate surface area is 149 Å². The number of thiazole rings is 1. The number of anilines is 1. The quantitative estimate of drug-likeness (QED) is 0.769. The van der Waals surface area contributed by atoms with E-state index < -0.39 is 0 Å². The van der Waals surface area contributed by atoms with E-state index in [0.29, 0.717) is 5.69 Å². The van der Waals surface area contributed by atoms with E-state index in [1.165, 1.54) is 4.70 Å². The molecule has 1 fully saturated rings. The molecule has 25 heavy (non-hydrogen) atoms. The van der Waals surface area contributed by atoms with Crippen LogP contribution in [0, 0.1) is 0 Å². The topological polar surface area (TPSA) is 65.1 Å². The van der Waals surface area contributed by atoms with E-state index in [1.54, 1.807) is 11.3 Å². The number of aryl methyl sites for hydroxylation is 1. The normalized spacial score (nSPS) is 17.3. The number of hydrogen-bond acceptors (Lipinski definition) is 5. The number of hydrogen-bond donors (Lipinski definition) is 1. The summed E-state index contributed by atoms with van der Waals surface area (Å²) in [5.74, 6) is 0.0725. The number of H-pyrrole nitrogens is 1. The molecule has 0 saturated carbocycles. The first-order valence-corrected chi connectivity index (χ1v) is 9.57. The Morgan fingerprint density at radius 2 is 1.96 bits per heavy atom. The van der Waals surface area contributed by atoms with E-state index in [1.807, 2.05) is 23.1 Å². The van der Waals surface area contributed by atoms with Crippen LogP contribution in [0.25, 0.3) is 10.2 Å². The van der Waals surface area contributed by atoms with E-state index in [4.69, 9.17) is 4.98 Å². The molecule has 0 spiro atoms. The predicted octanol–water partition coefficient (Wildman–Crippen LogP) is 2.47. The Balaban J connectivity index is 1.30. The number of rotatable bonds is 2. The molecule has 1 amide bonds. The zero-order chi connectivity index (χ0) is 16.8. The van der Waals surface area contributed by atoms with Crippen LogP contribution >= 0.6 is 11.3 Å². The van der Waals surface area contributed by atoms with Crippen molar-refractivity contribution in [2.45, 2.75) is 19.3 Å². The fourth-order valence-corrected chi connectivity index (χ4v) is 4.76. The molecule has 2 aliphatic rings. The predicted molar refractivity (Wildman–Crippen MR) is 98.3 cm³/mol. The van der Waals surface area contributed by atoms with Crippen LogP contribution in [0.2, 0.25) is 0 Å². The molecule has 0 radical (unpaired) electrons. The van der Waals surface area contributed by atoms with Gasteiger partial charge in [0, 0.05) is 37.4 Å². The van der Waals surface area contributed by atoms with Gasteiger partial charge in [0.1, 0.15) is 0 Å². The van der Waals surface area contributed by atoms with Crippen molar-refractivity contribution < 1.29 is 4.79 Å². The van der Waals surface area contributed by atoms with Gasteiger partial charge < -0.3 is 9.80 Å². The van der Waals surface area contributed by atoms with Gasteiger partial charge in [-0.15, -0.1) is 0 Å². The Hall–Kier alpha value is -2.41. The van der Waals surface area contributed by atoms with Crippen LogP contribution in [-0.2, 0) is 12.8 Å². The minimum absolute atomic E-state index is 0.0725. The summed E-state index contributed by atoms with van der Waals surface area (Å²) >= 11 is 1.72. The first kappa shape index (κ1) is 14.9. The second-order valence-corrected chi connectivity index (χ2v) is 7.64. The van der Waals surface area contributed by atoms with Gasteiger partial charge in [0.2, 0.25) is 0 Å². The maximum Gasteiger partial charge on any atom is 0.274 e. The number of aromatic nitrogens is 3. The summed E-state index contributed by atoms with van der Waals surface area (Å²) in [6.07, 6.45) is 3.11. The molecule has 128 valence electrons. The van der Waals surface area contributed by atoms with Crippen molar-refractivity contribution in [3.8, 4) is 0 Å². The third-order valence-corrected chi connectivity index (χ3v) is 6.23. The highest BCUT2D eigenvalue weighted by molar-refractivity contribution is 7.22. The van der Waals surface area contributed by atoms with Gasteiger partial charge in [-0.05, 0) is 31.4 Å². The lowest BCUT2D eigenvalue weighted by Gasteiger charge is -2.34. The fraction of sp³-hybridized carbons (Fsp3) is 0.389. The van der Waals surface area contributed by atoms with Crippen molar-refractivity contribution in [1.29, 1.82) is 0 Å². The highest BCUT2D eigenvalue weighted by Gasteiger charge is 2.29. The maximum absolute atomic E-state index is 12.8. The molecule has 0 unspecified atom stereocenters. The van der Waals surface area contributed by atoms with Gasteiger partial charge in [0.25, 0.3) is 5.91 Å². The van der Waals surface area contributed by atoms with Crippen molar-refractivity contribution >= 4 is 32.6 Å². The highest BCUT2D eigenvalue weighted by atomic mass is 32.1. The van der Waals surface area contributed by atoms with Crippen molar-refractivity contribution in [2.24, 2.45) is 0 Å². The van der Waals surface area contributed by atoms with Gasteiger partial charge in [-0.3, -0.25) is 9.89 Å². The van der Waals surface area contributed by atoms with Gasteiger partial charge >= 0.3 is 0 Å². The Morgan fingerprint density at radius 3 is 2.80 bits per heavy atom. The van der Waals surface area contributed by atoms with Crippen molar-refractivity contribution in [3.63, 3.8) is 0 Å². The number of carbonyl (C=O) groups excluding carboxylic acids is 1. The summed E-state index contributed by atoms with van der Waals surface area (Å²) < 4.78 is 1.21. The molecule has 3 heterocycles. The minimum Gasteiger partial charge on any atom is -0.345 e. The van der Waals surface area contributed by atoms with Crippen LogP contribution in [0.1, 0.15) is 28.2 Å². The van der Waals surface area contributed by atoms with E-state index in [2.05, 4.69) is 21.2 Å². The number of para-hydroxylation sites is 1. The molecule has 0 bridgehead atoms. The average Bonchev–Trinajstić information content (AvgIpc) is 3.36. The number of piperazine rings is 1. The Bertz CT molecular complexity index is 905. The summed E-state index contributed by atoms with van der Waals surface area (Å²) in [6, 6.07) is 8.22. The molecule has 0 atom stereocenters. The van der Waals surface area contributed by atoms with E-state index in [0.717, 1.165) is 67.3 Å². The minimum atomic E-state index is 0.0725.